The Kier molecular flexibility index (Phi) is 3.66. The number of carbonyl (C=O) groups is 3. The van der Waals surface area contributed by atoms with Crippen molar-refractivity contribution in [1.82, 2.24) is 5.32 Å². The van der Waals surface area contributed by atoms with Gasteiger partial charge in [-0.2, -0.15) is 0 Å². The van der Waals surface area contributed by atoms with Gasteiger partial charge in [0, 0.05) is 0 Å². The number of benzene rings is 1. The molecule has 1 fully saturated rings. The third-order valence-electron chi connectivity index (χ3n) is 2.56. The van der Waals surface area contributed by atoms with Gasteiger partial charge in [0.2, 0.25) is 5.91 Å². The van der Waals surface area contributed by atoms with Gasteiger partial charge in [-0.05, 0) is 24.1 Å². The molecule has 5 nitrogen and oxygen atoms in total. The number of hydrogen-bond acceptors (Lipinski definition) is 5. The number of imide groups is 1. The summed E-state index contributed by atoms with van der Waals surface area (Å²) in [7, 11) is 1.32. The fourth-order valence-corrected chi connectivity index (χ4v) is 2.50. The van der Waals surface area contributed by atoms with Crippen LogP contribution >= 0.6 is 11.8 Å². The average Bonchev–Trinajstić information content (AvgIpc) is 2.68. The van der Waals surface area contributed by atoms with E-state index in [1.54, 1.807) is 24.3 Å². The number of ether oxygens (including phenoxy) is 1. The molecular weight excluding hydrogens is 254 g/mol. The number of rotatable bonds is 3. The number of methoxy groups -OCH3 is 1. The minimum atomic E-state index is -0.398. The largest absolute Gasteiger partial charge is 0.465 e. The third kappa shape index (κ3) is 2.70. The molecule has 1 aromatic carbocycles. The summed E-state index contributed by atoms with van der Waals surface area (Å²) >= 11 is 0.992. The van der Waals surface area contributed by atoms with E-state index in [9.17, 15) is 14.4 Å². The van der Waals surface area contributed by atoms with Crippen molar-refractivity contribution >= 4 is 28.9 Å². The zero-order chi connectivity index (χ0) is 13.1. The van der Waals surface area contributed by atoms with E-state index in [-0.39, 0.29) is 16.4 Å². The molecule has 0 spiro atoms. The molecule has 0 radical (unpaired) electrons. The summed E-state index contributed by atoms with van der Waals surface area (Å²) in [5.74, 6) is -0.660. The van der Waals surface area contributed by atoms with E-state index >= 15 is 0 Å². The maximum absolute atomic E-state index is 11.4. The van der Waals surface area contributed by atoms with Crippen LogP contribution in [0.3, 0.4) is 0 Å². The smallest absolute Gasteiger partial charge is 0.337 e. The van der Waals surface area contributed by atoms with Gasteiger partial charge in [-0.1, -0.05) is 23.9 Å². The summed E-state index contributed by atoms with van der Waals surface area (Å²) in [6.07, 6.45) is 0.462. The quantitative estimate of drug-likeness (QED) is 0.836. The maximum Gasteiger partial charge on any atom is 0.337 e. The van der Waals surface area contributed by atoms with Gasteiger partial charge in [0.1, 0.15) is 0 Å². The molecule has 0 bridgehead atoms. The fourth-order valence-electron chi connectivity index (χ4n) is 1.64. The lowest BCUT2D eigenvalue weighted by Gasteiger charge is -2.06. The van der Waals surface area contributed by atoms with Crippen LogP contribution in [0.1, 0.15) is 15.9 Å². The molecule has 1 saturated heterocycles. The Morgan fingerprint density at radius 3 is 2.50 bits per heavy atom. The first-order chi connectivity index (χ1) is 8.60. The predicted octanol–water partition coefficient (Wildman–Crippen LogP) is 1.37. The Labute approximate surface area is 108 Å². The molecule has 2 amide bonds. The first kappa shape index (κ1) is 12.6. The second-order valence-corrected chi connectivity index (χ2v) is 4.95. The van der Waals surface area contributed by atoms with E-state index in [4.69, 9.17) is 0 Å². The number of esters is 1. The Balaban J connectivity index is 2.04. The van der Waals surface area contributed by atoms with Crippen molar-refractivity contribution in [1.29, 1.82) is 0 Å². The van der Waals surface area contributed by atoms with Gasteiger partial charge in [0.15, 0.2) is 0 Å². The summed E-state index contributed by atoms with van der Waals surface area (Å²) < 4.78 is 4.59. The molecule has 1 unspecified atom stereocenters. The molecular formula is C12H11NO4S. The predicted molar refractivity (Wildman–Crippen MR) is 66.4 cm³/mol. The highest BCUT2D eigenvalue weighted by Gasteiger charge is 2.31. The normalized spacial score (nSPS) is 18.6. The fraction of sp³-hybridized carbons (Fsp3) is 0.250. The van der Waals surface area contributed by atoms with E-state index in [1.165, 1.54) is 7.11 Å². The van der Waals surface area contributed by atoms with Crippen molar-refractivity contribution in [2.24, 2.45) is 0 Å². The average molecular weight is 265 g/mol. The van der Waals surface area contributed by atoms with Crippen molar-refractivity contribution in [2.45, 2.75) is 11.7 Å². The van der Waals surface area contributed by atoms with E-state index in [0.29, 0.717) is 12.0 Å². The summed E-state index contributed by atoms with van der Waals surface area (Å²) in [6, 6.07) is 6.78. The van der Waals surface area contributed by atoms with Crippen LogP contribution in [-0.2, 0) is 16.0 Å². The van der Waals surface area contributed by atoms with E-state index in [1.807, 2.05) is 0 Å². The van der Waals surface area contributed by atoms with E-state index in [0.717, 1.165) is 17.3 Å². The van der Waals surface area contributed by atoms with E-state index < -0.39 is 5.97 Å². The molecule has 1 aromatic rings. The Morgan fingerprint density at radius 2 is 2.00 bits per heavy atom. The second-order valence-electron chi connectivity index (χ2n) is 3.78. The van der Waals surface area contributed by atoms with Crippen molar-refractivity contribution in [3.8, 4) is 0 Å². The number of amides is 2. The Morgan fingerprint density at radius 1 is 1.33 bits per heavy atom. The van der Waals surface area contributed by atoms with Crippen molar-refractivity contribution in [3.05, 3.63) is 35.4 Å². The van der Waals surface area contributed by atoms with Crippen LogP contribution in [-0.4, -0.2) is 29.5 Å². The molecule has 1 N–H and O–H groups in total. The zero-order valence-electron chi connectivity index (χ0n) is 9.64. The summed E-state index contributed by atoms with van der Waals surface area (Å²) in [4.78, 5) is 33.6. The number of carbonyl (C=O) groups excluding carboxylic acids is 3. The van der Waals surface area contributed by atoms with Gasteiger partial charge < -0.3 is 4.74 Å². The van der Waals surface area contributed by atoms with Gasteiger partial charge in [-0.15, -0.1) is 0 Å². The van der Waals surface area contributed by atoms with Gasteiger partial charge in [-0.3, -0.25) is 14.9 Å². The minimum absolute atomic E-state index is 0.262. The molecule has 1 aliphatic heterocycles. The first-order valence-electron chi connectivity index (χ1n) is 5.29. The lowest BCUT2D eigenvalue weighted by molar-refractivity contribution is -0.118. The lowest BCUT2D eigenvalue weighted by Crippen LogP contribution is -2.25. The zero-order valence-corrected chi connectivity index (χ0v) is 10.5. The minimum Gasteiger partial charge on any atom is -0.465 e. The molecule has 2 rings (SSSR count). The molecule has 0 saturated carbocycles. The molecule has 94 valence electrons. The van der Waals surface area contributed by atoms with Crippen LogP contribution in [0.15, 0.2) is 24.3 Å². The highest BCUT2D eigenvalue weighted by molar-refractivity contribution is 8.15. The van der Waals surface area contributed by atoms with Crippen molar-refractivity contribution in [3.63, 3.8) is 0 Å². The lowest BCUT2D eigenvalue weighted by atomic mass is 10.1. The van der Waals surface area contributed by atoms with E-state index in [2.05, 4.69) is 10.1 Å². The molecule has 6 heteroatoms. The third-order valence-corrected chi connectivity index (χ3v) is 3.54. The van der Waals surface area contributed by atoms with Gasteiger partial charge in [0.25, 0.3) is 5.24 Å². The van der Waals surface area contributed by atoms with Crippen LogP contribution < -0.4 is 5.32 Å². The second kappa shape index (κ2) is 5.22. The van der Waals surface area contributed by atoms with Gasteiger partial charge >= 0.3 is 5.97 Å². The molecule has 1 aliphatic rings. The van der Waals surface area contributed by atoms with Crippen LogP contribution in [0.4, 0.5) is 4.79 Å². The maximum atomic E-state index is 11.4. The summed E-state index contributed by atoms with van der Waals surface area (Å²) in [6.45, 7) is 0. The molecule has 1 heterocycles. The molecule has 0 aliphatic carbocycles. The molecule has 18 heavy (non-hydrogen) atoms. The monoisotopic (exact) mass is 265 g/mol. The molecule has 0 aromatic heterocycles. The van der Waals surface area contributed by atoms with Crippen LogP contribution in [0.5, 0.6) is 0 Å². The highest BCUT2D eigenvalue weighted by Crippen LogP contribution is 2.23. The van der Waals surface area contributed by atoms with Gasteiger partial charge in [-0.25, -0.2) is 4.79 Å². The van der Waals surface area contributed by atoms with Crippen LogP contribution in [0.25, 0.3) is 0 Å². The van der Waals surface area contributed by atoms with Gasteiger partial charge in [0.05, 0.1) is 17.9 Å². The molecule has 1 atom stereocenters. The SMILES string of the molecule is COC(=O)c1ccc(CC2SC(=O)NC2=O)cc1. The number of hydrogen-bond donors (Lipinski definition) is 1. The standard InChI is InChI=1S/C12H11NO4S/c1-17-11(15)8-4-2-7(3-5-8)6-9-10(14)13-12(16)18-9/h2-5,9H,6H2,1H3,(H,13,14,16). The Bertz CT molecular complexity index is 497. The highest BCUT2D eigenvalue weighted by atomic mass is 32.2. The van der Waals surface area contributed by atoms with Crippen LogP contribution in [0.2, 0.25) is 0 Å². The number of thioether (sulfide) groups is 1. The van der Waals surface area contributed by atoms with Crippen LogP contribution in [0, 0.1) is 0 Å². The summed E-state index contributed by atoms with van der Waals surface area (Å²) in [5, 5.41) is 1.54. The van der Waals surface area contributed by atoms with Crippen molar-refractivity contribution < 1.29 is 19.1 Å². The number of nitrogens with one attached hydrogen (secondary N) is 1. The van der Waals surface area contributed by atoms with Crippen molar-refractivity contribution in [2.75, 3.05) is 7.11 Å². The Hall–Kier alpha value is -1.82. The first-order valence-corrected chi connectivity index (χ1v) is 6.17. The topological polar surface area (TPSA) is 72.5 Å². The summed E-state index contributed by atoms with van der Waals surface area (Å²) in [5.41, 5.74) is 1.35.